The summed E-state index contributed by atoms with van der Waals surface area (Å²) in [6.07, 6.45) is 5.24. The maximum Gasteiger partial charge on any atom is 0.0164 e. The molecule has 1 N–H and O–H groups in total. The minimum absolute atomic E-state index is 0.659. The SMILES string of the molecule is C=CCN(CC=C)CC1CCNC1C. The molecule has 0 bridgehead atoms. The lowest BCUT2D eigenvalue weighted by Gasteiger charge is -2.24. The number of nitrogens with one attached hydrogen (secondary N) is 1. The van der Waals surface area contributed by atoms with E-state index in [1.165, 1.54) is 13.0 Å². The van der Waals surface area contributed by atoms with E-state index in [1.807, 2.05) is 12.2 Å². The maximum absolute atomic E-state index is 3.78. The Morgan fingerprint density at radius 1 is 1.36 bits per heavy atom. The van der Waals surface area contributed by atoms with Crippen LogP contribution in [0.15, 0.2) is 25.3 Å². The van der Waals surface area contributed by atoms with E-state index in [0.717, 1.165) is 25.6 Å². The smallest absolute Gasteiger partial charge is 0.0164 e. The average Bonchev–Trinajstić information content (AvgIpc) is 2.53. The van der Waals surface area contributed by atoms with Gasteiger partial charge in [0.1, 0.15) is 0 Å². The van der Waals surface area contributed by atoms with Crippen LogP contribution in [0.3, 0.4) is 0 Å². The summed E-state index contributed by atoms with van der Waals surface area (Å²) >= 11 is 0. The van der Waals surface area contributed by atoms with Crippen LogP contribution in [0.4, 0.5) is 0 Å². The second-order valence-corrected chi connectivity index (χ2v) is 4.09. The topological polar surface area (TPSA) is 15.3 Å². The quantitative estimate of drug-likeness (QED) is 0.647. The lowest BCUT2D eigenvalue weighted by molar-refractivity contribution is 0.265. The van der Waals surface area contributed by atoms with Crippen molar-refractivity contribution in [3.8, 4) is 0 Å². The van der Waals surface area contributed by atoms with E-state index in [1.54, 1.807) is 0 Å². The minimum Gasteiger partial charge on any atom is -0.314 e. The molecule has 0 amide bonds. The molecule has 1 aliphatic rings. The van der Waals surface area contributed by atoms with Gasteiger partial charge in [-0.2, -0.15) is 0 Å². The molecule has 1 aliphatic heterocycles. The van der Waals surface area contributed by atoms with Crippen LogP contribution in [0.2, 0.25) is 0 Å². The summed E-state index contributed by atoms with van der Waals surface area (Å²) in [5.41, 5.74) is 0. The molecular weight excluding hydrogens is 172 g/mol. The molecule has 1 heterocycles. The third-order valence-corrected chi connectivity index (χ3v) is 2.96. The Bertz CT molecular complexity index is 179. The first-order valence-electron chi connectivity index (χ1n) is 5.45. The predicted octanol–water partition coefficient (Wildman–Crippen LogP) is 1.66. The summed E-state index contributed by atoms with van der Waals surface area (Å²) in [5.74, 6) is 0.787. The maximum atomic E-state index is 3.78. The van der Waals surface area contributed by atoms with Crippen LogP contribution >= 0.6 is 0 Å². The highest BCUT2D eigenvalue weighted by molar-refractivity contribution is 4.86. The first-order valence-corrected chi connectivity index (χ1v) is 5.45. The fourth-order valence-electron chi connectivity index (χ4n) is 2.08. The molecule has 0 radical (unpaired) electrons. The van der Waals surface area contributed by atoms with Crippen molar-refractivity contribution in [2.45, 2.75) is 19.4 Å². The molecular formula is C12H22N2. The van der Waals surface area contributed by atoms with E-state index < -0.39 is 0 Å². The molecule has 2 atom stereocenters. The lowest BCUT2D eigenvalue weighted by atomic mass is 10.0. The highest BCUT2D eigenvalue weighted by Crippen LogP contribution is 2.16. The van der Waals surface area contributed by atoms with Gasteiger partial charge in [0.05, 0.1) is 0 Å². The van der Waals surface area contributed by atoms with E-state index >= 15 is 0 Å². The third kappa shape index (κ3) is 3.28. The fourth-order valence-corrected chi connectivity index (χ4v) is 2.08. The highest BCUT2D eigenvalue weighted by Gasteiger charge is 2.23. The van der Waals surface area contributed by atoms with Gasteiger partial charge in [0.25, 0.3) is 0 Å². The van der Waals surface area contributed by atoms with Crippen LogP contribution in [0.1, 0.15) is 13.3 Å². The Morgan fingerprint density at radius 2 is 2.00 bits per heavy atom. The zero-order chi connectivity index (χ0) is 10.4. The molecule has 2 heteroatoms. The number of rotatable bonds is 6. The van der Waals surface area contributed by atoms with E-state index in [4.69, 9.17) is 0 Å². The predicted molar refractivity (Wildman–Crippen MR) is 62.4 cm³/mol. The van der Waals surface area contributed by atoms with Crippen molar-refractivity contribution in [3.05, 3.63) is 25.3 Å². The summed E-state index contributed by atoms with van der Waals surface area (Å²) in [5, 5.41) is 3.48. The molecule has 0 aromatic rings. The molecule has 1 rings (SSSR count). The molecule has 0 aliphatic carbocycles. The van der Waals surface area contributed by atoms with Gasteiger partial charge in [0.15, 0.2) is 0 Å². The largest absolute Gasteiger partial charge is 0.314 e. The molecule has 1 fully saturated rings. The van der Waals surface area contributed by atoms with E-state index in [2.05, 4.69) is 30.3 Å². The first-order chi connectivity index (χ1) is 6.77. The molecule has 80 valence electrons. The van der Waals surface area contributed by atoms with E-state index in [0.29, 0.717) is 6.04 Å². The summed E-state index contributed by atoms with van der Waals surface area (Å²) in [4.78, 5) is 2.40. The van der Waals surface area contributed by atoms with Gasteiger partial charge in [-0.3, -0.25) is 4.90 Å². The van der Waals surface area contributed by atoms with Crippen LogP contribution in [0.25, 0.3) is 0 Å². The van der Waals surface area contributed by atoms with Crippen molar-refractivity contribution in [2.75, 3.05) is 26.2 Å². The molecule has 2 unspecified atom stereocenters. The summed E-state index contributed by atoms with van der Waals surface area (Å²) in [6.45, 7) is 14.1. The molecule has 14 heavy (non-hydrogen) atoms. The normalized spacial score (nSPS) is 26.7. The fraction of sp³-hybridized carbons (Fsp3) is 0.667. The van der Waals surface area contributed by atoms with Gasteiger partial charge in [0, 0.05) is 25.7 Å². The Kier molecular flexibility index (Phi) is 4.91. The first kappa shape index (κ1) is 11.5. The molecule has 1 saturated heterocycles. The van der Waals surface area contributed by atoms with Crippen LogP contribution in [0, 0.1) is 5.92 Å². The van der Waals surface area contributed by atoms with Crippen LogP contribution in [-0.2, 0) is 0 Å². The summed E-state index contributed by atoms with van der Waals surface area (Å²) in [7, 11) is 0. The Labute approximate surface area is 87.7 Å². The van der Waals surface area contributed by atoms with Gasteiger partial charge in [-0.1, -0.05) is 12.2 Å². The zero-order valence-electron chi connectivity index (χ0n) is 9.21. The van der Waals surface area contributed by atoms with Gasteiger partial charge in [-0.05, 0) is 25.8 Å². The van der Waals surface area contributed by atoms with Gasteiger partial charge in [-0.25, -0.2) is 0 Å². The number of nitrogens with zero attached hydrogens (tertiary/aromatic N) is 1. The van der Waals surface area contributed by atoms with E-state index in [9.17, 15) is 0 Å². The molecule has 0 saturated carbocycles. The Hall–Kier alpha value is -0.600. The minimum atomic E-state index is 0.659. The van der Waals surface area contributed by atoms with Crippen molar-refractivity contribution in [3.63, 3.8) is 0 Å². The van der Waals surface area contributed by atoms with Crippen molar-refractivity contribution in [2.24, 2.45) is 5.92 Å². The molecule has 0 aromatic carbocycles. The standard InChI is InChI=1S/C12H22N2/c1-4-8-14(9-5-2)10-12-6-7-13-11(12)3/h4-5,11-13H,1-2,6-10H2,3H3. The summed E-state index contributed by atoms with van der Waals surface area (Å²) in [6, 6.07) is 0.659. The van der Waals surface area contributed by atoms with Crippen molar-refractivity contribution >= 4 is 0 Å². The van der Waals surface area contributed by atoms with Crippen molar-refractivity contribution in [1.82, 2.24) is 10.2 Å². The Balaban J connectivity index is 2.36. The van der Waals surface area contributed by atoms with E-state index in [-0.39, 0.29) is 0 Å². The van der Waals surface area contributed by atoms with Crippen LogP contribution in [-0.4, -0.2) is 37.1 Å². The molecule has 2 nitrogen and oxygen atoms in total. The van der Waals surface area contributed by atoms with Gasteiger partial charge in [-0.15, -0.1) is 13.2 Å². The second kappa shape index (κ2) is 5.99. The van der Waals surface area contributed by atoms with Crippen molar-refractivity contribution in [1.29, 1.82) is 0 Å². The van der Waals surface area contributed by atoms with Crippen LogP contribution < -0.4 is 5.32 Å². The number of hydrogen-bond acceptors (Lipinski definition) is 2. The Morgan fingerprint density at radius 3 is 2.43 bits per heavy atom. The number of hydrogen-bond donors (Lipinski definition) is 1. The molecule has 0 aromatic heterocycles. The van der Waals surface area contributed by atoms with Crippen LogP contribution in [0.5, 0.6) is 0 Å². The third-order valence-electron chi connectivity index (χ3n) is 2.96. The lowest BCUT2D eigenvalue weighted by Crippen LogP contribution is -2.34. The van der Waals surface area contributed by atoms with Gasteiger partial charge < -0.3 is 5.32 Å². The zero-order valence-corrected chi connectivity index (χ0v) is 9.21. The molecule has 0 spiro atoms. The second-order valence-electron chi connectivity index (χ2n) is 4.09. The summed E-state index contributed by atoms with van der Waals surface area (Å²) < 4.78 is 0. The van der Waals surface area contributed by atoms with Gasteiger partial charge >= 0.3 is 0 Å². The monoisotopic (exact) mass is 194 g/mol. The van der Waals surface area contributed by atoms with Crippen molar-refractivity contribution < 1.29 is 0 Å². The average molecular weight is 194 g/mol. The highest BCUT2D eigenvalue weighted by atomic mass is 15.1. The van der Waals surface area contributed by atoms with Gasteiger partial charge in [0.2, 0.25) is 0 Å².